The summed E-state index contributed by atoms with van der Waals surface area (Å²) in [6, 6.07) is 12.4. The molecule has 0 radical (unpaired) electrons. The molecule has 2 fully saturated rings. The van der Waals surface area contributed by atoms with Crippen LogP contribution in [0.5, 0.6) is 5.75 Å². The van der Waals surface area contributed by atoms with E-state index in [9.17, 15) is 9.90 Å². The van der Waals surface area contributed by atoms with E-state index in [0.29, 0.717) is 18.1 Å². The zero-order valence-electron chi connectivity index (χ0n) is 23.5. The lowest BCUT2D eigenvalue weighted by molar-refractivity contribution is 0.0697. The highest BCUT2D eigenvalue weighted by Crippen LogP contribution is 2.49. The van der Waals surface area contributed by atoms with Gasteiger partial charge in [0.25, 0.3) is 0 Å². The normalized spacial score (nSPS) is 18.6. The third kappa shape index (κ3) is 5.16. The number of aromatic nitrogens is 1. The number of carboxylic acids is 1. The van der Waals surface area contributed by atoms with Crippen LogP contribution >= 0.6 is 0 Å². The Morgan fingerprint density at radius 3 is 2.51 bits per heavy atom. The van der Waals surface area contributed by atoms with Crippen LogP contribution in [-0.4, -0.2) is 59.9 Å². The third-order valence-electron chi connectivity index (χ3n) is 9.28. The quantitative estimate of drug-likeness (QED) is 0.352. The Labute approximate surface area is 232 Å². The van der Waals surface area contributed by atoms with Gasteiger partial charge < -0.3 is 24.2 Å². The van der Waals surface area contributed by atoms with Crippen LogP contribution in [0.2, 0.25) is 0 Å². The number of rotatable bonds is 7. The van der Waals surface area contributed by atoms with Crippen LogP contribution in [0, 0.1) is 0 Å². The maximum Gasteiger partial charge on any atom is 0.335 e. The Morgan fingerprint density at radius 1 is 1.00 bits per heavy atom. The van der Waals surface area contributed by atoms with Crippen molar-refractivity contribution in [3.8, 4) is 17.0 Å². The molecule has 39 heavy (non-hydrogen) atoms. The lowest BCUT2D eigenvalue weighted by Gasteiger charge is -2.29. The molecular weight excluding hydrogens is 486 g/mol. The van der Waals surface area contributed by atoms with Crippen molar-refractivity contribution in [1.29, 1.82) is 0 Å². The van der Waals surface area contributed by atoms with Crippen LogP contribution in [0.15, 0.2) is 36.4 Å². The molecule has 0 amide bonds. The number of carboxylic acid groups (broad SMARTS) is 1. The van der Waals surface area contributed by atoms with Crippen molar-refractivity contribution in [3.05, 3.63) is 47.5 Å². The van der Waals surface area contributed by atoms with Gasteiger partial charge in [0.2, 0.25) is 0 Å². The minimum atomic E-state index is -0.873. The summed E-state index contributed by atoms with van der Waals surface area (Å²) < 4.78 is 8.95. The van der Waals surface area contributed by atoms with E-state index in [1.807, 2.05) is 6.07 Å². The van der Waals surface area contributed by atoms with Gasteiger partial charge in [0, 0.05) is 36.1 Å². The summed E-state index contributed by atoms with van der Waals surface area (Å²) in [6.07, 6.45) is 11.6. The van der Waals surface area contributed by atoms with E-state index in [2.05, 4.69) is 45.6 Å². The molecule has 208 valence electrons. The molecule has 3 aliphatic rings. The summed E-state index contributed by atoms with van der Waals surface area (Å²) in [4.78, 5) is 17.0. The van der Waals surface area contributed by atoms with Crippen LogP contribution in [0.3, 0.4) is 0 Å². The molecular formula is C33H43N3O3. The molecule has 2 aliphatic heterocycles. The number of ether oxygens (including phenoxy) is 1. The number of benzene rings is 2. The second kappa shape index (κ2) is 11.6. The molecule has 1 N–H and O–H groups in total. The molecule has 1 aromatic heterocycles. The standard InChI is InChI=1S/C33H43N3O3/c1-2-35(20-19-34-17-8-3-4-9-18-34)28-14-10-13-27-31-30(24-11-6-5-7-12-24)26-16-15-25(33(37)38)23-29(26)36(31)21-22-39-32(27)28/h10,13-16,23-24H,2-9,11-12,17-22H2,1H3,(H,37,38). The number of anilines is 1. The summed E-state index contributed by atoms with van der Waals surface area (Å²) in [5.41, 5.74) is 6.37. The highest BCUT2D eigenvalue weighted by atomic mass is 16.5. The van der Waals surface area contributed by atoms with Gasteiger partial charge in [0.05, 0.1) is 23.5 Å². The summed E-state index contributed by atoms with van der Waals surface area (Å²) in [7, 11) is 0. The molecule has 3 aromatic rings. The minimum Gasteiger partial charge on any atom is -0.489 e. The van der Waals surface area contributed by atoms with Crippen LogP contribution in [0.1, 0.15) is 86.6 Å². The fourth-order valence-corrected chi connectivity index (χ4v) is 7.26. The van der Waals surface area contributed by atoms with E-state index in [1.165, 1.54) is 93.2 Å². The first-order chi connectivity index (χ1) is 19.2. The van der Waals surface area contributed by atoms with E-state index >= 15 is 0 Å². The number of hydrogen-bond acceptors (Lipinski definition) is 4. The van der Waals surface area contributed by atoms with Crippen molar-refractivity contribution < 1.29 is 14.6 Å². The monoisotopic (exact) mass is 529 g/mol. The molecule has 6 rings (SSSR count). The van der Waals surface area contributed by atoms with Gasteiger partial charge in [-0.15, -0.1) is 0 Å². The SMILES string of the molecule is CCN(CCN1CCCCCC1)c1cccc2c1OCCn1c-2c(C2CCCCC2)c2ccc(C(=O)O)cc21. The Morgan fingerprint density at radius 2 is 1.77 bits per heavy atom. The van der Waals surface area contributed by atoms with Crippen LogP contribution in [0.4, 0.5) is 5.69 Å². The number of aromatic carboxylic acids is 1. The summed E-state index contributed by atoms with van der Waals surface area (Å²) in [5, 5.41) is 11.0. The predicted molar refractivity (Wildman–Crippen MR) is 158 cm³/mol. The number of likely N-dealkylation sites (N-methyl/N-ethyl adjacent to an activating group) is 1. The smallest absolute Gasteiger partial charge is 0.335 e. The van der Waals surface area contributed by atoms with E-state index < -0.39 is 5.97 Å². The Balaban J connectivity index is 1.44. The Bertz CT molecular complexity index is 1320. The van der Waals surface area contributed by atoms with Gasteiger partial charge in [-0.05, 0) is 81.4 Å². The van der Waals surface area contributed by atoms with Crippen LogP contribution in [-0.2, 0) is 6.54 Å². The summed E-state index contributed by atoms with van der Waals surface area (Å²) >= 11 is 0. The van der Waals surface area contributed by atoms with Gasteiger partial charge in [-0.1, -0.05) is 44.2 Å². The summed E-state index contributed by atoms with van der Waals surface area (Å²) in [5.74, 6) is 0.614. The zero-order valence-corrected chi connectivity index (χ0v) is 23.5. The number of para-hydroxylation sites is 1. The van der Waals surface area contributed by atoms with Gasteiger partial charge in [0.15, 0.2) is 5.75 Å². The maximum absolute atomic E-state index is 11.9. The number of nitrogens with zero attached hydrogens (tertiary/aromatic N) is 3. The van der Waals surface area contributed by atoms with Crippen molar-refractivity contribution in [3.63, 3.8) is 0 Å². The molecule has 0 atom stereocenters. The minimum absolute atomic E-state index is 0.350. The predicted octanol–water partition coefficient (Wildman–Crippen LogP) is 7.15. The van der Waals surface area contributed by atoms with Crippen molar-refractivity contribution in [2.75, 3.05) is 44.2 Å². The van der Waals surface area contributed by atoms with Crippen LogP contribution in [0.25, 0.3) is 22.2 Å². The maximum atomic E-state index is 11.9. The van der Waals surface area contributed by atoms with Crippen LogP contribution < -0.4 is 9.64 Å². The number of hydrogen-bond donors (Lipinski definition) is 1. The fraction of sp³-hybridized carbons (Fsp3) is 0.545. The first kappa shape index (κ1) is 26.2. The van der Waals surface area contributed by atoms with E-state index in [4.69, 9.17) is 4.74 Å². The van der Waals surface area contributed by atoms with Crippen molar-refractivity contribution in [1.82, 2.24) is 9.47 Å². The zero-order chi connectivity index (χ0) is 26.8. The molecule has 1 aliphatic carbocycles. The average Bonchev–Trinajstić information content (AvgIpc) is 3.13. The van der Waals surface area contributed by atoms with Gasteiger partial charge in [-0.3, -0.25) is 0 Å². The fourth-order valence-electron chi connectivity index (χ4n) is 7.26. The van der Waals surface area contributed by atoms with E-state index in [-0.39, 0.29) is 0 Å². The average molecular weight is 530 g/mol. The van der Waals surface area contributed by atoms with Crippen molar-refractivity contribution in [2.24, 2.45) is 0 Å². The lowest BCUT2D eigenvalue weighted by Crippen LogP contribution is -2.36. The third-order valence-corrected chi connectivity index (χ3v) is 9.28. The van der Waals surface area contributed by atoms with Gasteiger partial charge in [-0.2, -0.15) is 0 Å². The van der Waals surface area contributed by atoms with Crippen molar-refractivity contribution >= 4 is 22.6 Å². The second-order valence-corrected chi connectivity index (χ2v) is 11.6. The van der Waals surface area contributed by atoms with E-state index in [0.717, 1.165) is 43.0 Å². The first-order valence-corrected chi connectivity index (χ1v) is 15.3. The number of fused-ring (bicyclic) bond motifs is 5. The Hall–Kier alpha value is -2.99. The lowest BCUT2D eigenvalue weighted by atomic mass is 9.81. The summed E-state index contributed by atoms with van der Waals surface area (Å²) in [6.45, 7) is 8.99. The molecule has 0 unspecified atom stereocenters. The topological polar surface area (TPSA) is 57.9 Å². The van der Waals surface area contributed by atoms with Crippen molar-refractivity contribution in [2.45, 2.75) is 77.2 Å². The molecule has 6 heteroatoms. The molecule has 3 heterocycles. The van der Waals surface area contributed by atoms with Gasteiger partial charge >= 0.3 is 5.97 Å². The molecule has 1 saturated heterocycles. The van der Waals surface area contributed by atoms with E-state index in [1.54, 1.807) is 6.07 Å². The number of likely N-dealkylation sites (tertiary alicyclic amines) is 1. The van der Waals surface area contributed by atoms with Gasteiger partial charge in [0.1, 0.15) is 6.61 Å². The molecule has 6 nitrogen and oxygen atoms in total. The second-order valence-electron chi connectivity index (χ2n) is 11.6. The first-order valence-electron chi connectivity index (χ1n) is 15.3. The molecule has 2 aromatic carbocycles. The largest absolute Gasteiger partial charge is 0.489 e. The molecule has 1 saturated carbocycles. The molecule has 0 bridgehead atoms. The number of carbonyl (C=O) groups is 1. The van der Waals surface area contributed by atoms with Gasteiger partial charge in [-0.25, -0.2) is 4.79 Å². The highest BCUT2D eigenvalue weighted by molar-refractivity contribution is 5.99. The Kier molecular flexibility index (Phi) is 7.83. The molecule has 0 spiro atoms. The highest BCUT2D eigenvalue weighted by Gasteiger charge is 2.31.